The van der Waals surface area contributed by atoms with Crippen molar-refractivity contribution in [3.8, 4) is 11.8 Å². The number of carbonyl (C=O) groups excluding carboxylic acids is 1. The molecule has 0 bridgehead atoms. The lowest BCUT2D eigenvalue weighted by Gasteiger charge is -2.16. The number of aromatic nitrogens is 1. The smallest absolute Gasteiger partial charge is 0.272 e. The van der Waals surface area contributed by atoms with Crippen molar-refractivity contribution in [3.05, 3.63) is 65.5 Å². The van der Waals surface area contributed by atoms with Crippen molar-refractivity contribution in [1.82, 2.24) is 9.88 Å². The summed E-state index contributed by atoms with van der Waals surface area (Å²) in [5.41, 5.74) is 2.29. The van der Waals surface area contributed by atoms with E-state index in [1.54, 1.807) is 36.3 Å². The van der Waals surface area contributed by atoms with Gasteiger partial charge in [-0.2, -0.15) is 0 Å². The van der Waals surface area contributed by atoms with Crippen LogP contribution in [-0.4, -0.2) is 34.6 Å². The maximum atomic E-state index is 12.2. The Morgan fingerprint density at radius 2 is 2.00 bits per heavy atom. The molecule has 21 heavy (non-hydrogen) atoms. The van der Waals surface area contributed by atoms with Crippen LogP contribution in [0.1, 0.15) is 21.6 Å². The van der Waals surface area contributed by atoms with Crippen molar-refractivity contribution in [2.24, 2.45) is 0 Å². The molecule has 0 unspecified atom stereocenters. The highest BCUT2D eigenvalue weighted by Crippen LogP contribution is 2.08. The van der Waals surface area contributed by atoms with Gasteiger partial charge in [0.1, 0.15) is 12.3 Å². The van der Waals surface area contributed by atoms with Gasteiger partial charge in [0.2, 0.25) is 0 Å². The summed E-state index contributed by atoms with van der Waals surface area (Å²) in [5.74, 6) is 5.32. The lowest BCUT2D eigenvalue weighted by molar-refractivity contribution is 0.0779. The first kappa shape index (κ1) is 14.8. The van der Waals surface area contributed by atoms with Gasteiger partial charge in [0, 0.05) is 25.4 Å². The molecule has 0 fully saturated rings. The summed E-state index contributed by atoms with van der Waals surface area (Å²) in [6.07, 6.45) is 1.61. The van der Waals surface area contributed by atoms with Crippen LogP contribution >= 0.6 is 0 Å². The Morgan fingerprint density at radius 3 is 2.62 bits per heavy atom. The average Bonchev–Trinajstić information content (AvgIpc) is 2.54. The standard InChI is InChI=1S/C17H16N2O2/c1-19(17(21)16-6-2-3-11-18-16)13-15-9-7-14(8-10-15)5-4-12-20/h2-3,6-11,20H,12-13H2,1H3. The van der Waals surface area contributed by atoms with Crippen molar-refractivity contribution in [1.29, 1.82) is 0 Å². The third-order valence-electron chi connectivity index (χ3n) is 2.92. The SMILES string of the molecule is CN(Cc1ccc(C#CCO)cc1)C(=O)c1ccccn1. The number of hydrogen-bond acceptors (Lipinski definition) is 3. The molecule has 4 nitrogen and oxygen atoms in total. The number of pyridine rings is 1. The van der Waals surface area contributed by atoms with E-state index in [-0.39, 0.29) is 12.5 Å². The fourth-order valence-electron chi connectivity index (χ4n) is 1.87. The van der Waals surface area contributed by atoms with Crippen LogP contribution in [-0.2, 0) is 6.54 Å². The summed E-state index contributed by atoms with van der Waals surface area (Å²) in [6, 6.07) is 12.9. The van der Waals surface area contributed by atoms with E-state index in [1.165, 1.54) is 0 Å². The minimum atomic E-state index is -0.150. The van der Waals surface area contributed by atoms with Gasteiger partial charge in [-0.1, -0.05) is 30.0 Å². The average molecular weight is 280 g/mol. The highest BCUT2D eigenvalue weighted by Gasteiger charge is 2.12. The van der Waals surface area contributed by atoms with Crippen LogP contribution in [0.15, 0.2) is 48.7 Å². The van der Waals surface area contributed by atoms with Crippen LogP contribution in [0.2, 0.25) is 0 Å². The molecule has 106 valence electrons. The Hall–Kier alpha value is -2.64. The Bertz CT molecular complexity index is 655. The Balaban J connectivity index is 2.02. The van der Waals surface area contributed by atoms with E-state index >= 15 is 0 Å². The van der Waals surface area contributed by atoms with E-state index in [9.17, 15) is 4.79 Å². The zero-order valence-corrected chi connectivity index (χ0v) is 11.8. The summed E-state index contributed by atoms with van der Waals surface area (Å²) in [4.78, 5) is 17.8. The van der Waals surface area contributed by atoms with Crippen LogP contribution in [0.5, 0.6) is 0 Å². The number of carbonyl (C=O) groups is 1. The van der Waals surface area contributed by atoms with Crippen molar-refractivity contribution in [2.75, 3.05) is 13.7 Å². The molecule has 4 heteroatoms. The molecule has 0 radical (unpaired) electrons. The topological polar surface area (TPSA) is 53.4 Å². The molecule has 2 rings (SSSR count). The molecule has 1 aromatic heterocycles. The fraction of sp³-hybridized carbons (Fsp3) is 0.176. The quantitative estimate of drug-likeness (QED) is 0.871. The van der Waals surface area contributed by atoms with E-state index in [4.69, 9.17) is 5.11 Å². The number of aliphatic hydroxyl groups is 1. The second kappa shape index (κ2) is 7.22. The predicted octanol–water partition coefficient (Wildman–Crippen LogP) is 1.70. The first-order valence-electron chi connectivity index (χ1n) is 6.56. The molecule has 2 aromatic rings. The molecule has 0 spiro atoms. The lowest BCUT2D eigenvalue weighted by atomic mass is 10.1. The third-order valence-corrected chi connectivity index (χ3v) is 2.92. The molecule has 0 aliphatic rings. The van der Waals surface area contributed by atoms with Gasteiger partial charge in [-0.15, -0.1) is 0 Å². The third kappa shape index (κ3) is 4.16. The molecule has 0 aliphatic carbocycles. The maximum Gasteiger partial charge on any atom is 0.272 e. The van der Waals surface area contributed by atoms with E-state index in [0.29, 0.717) is 12.2 Å². The van der Waals surface area contributed by atoms with Gasteiger partial charge in [0.15, 0.2) is 0 Å². The minimum absolute atomic E-state index is 0.111. The normalized spacial score (nSPS) is 9.62. The van der Waals surface area contributed by atoms with E-state index in [1.807, 2.05) is 24.3 Å². The van der Waals surface area contributed by atoms with Crippen LogP contribution < -0.4 is 0 Å². The fourth-order valence-corrected chi connectivity index (χ4v) is 1.87. The van der Waals surface area contributed by atoms with Gasteiger partial charge in [0.05, 0.1) is 0 Å². The maximum absolute atomic E-state index is 12.2. The zero-order chi connectivity index (χ0) is 15.1. The van der Waals surface area contributed by atoms with Crippen molar-refractivity contribution in [3.63, 3.8) is 0 Å². The number of aliphatic hydroxyl groups excluding tert-OH is 1. The predicted molar refractivity (Wildman–Crippen MR) is 80.4 cm³/mol. The number of rotatable bonds is 3. The first-order valence-corrected chi connectivity index (χ1v) is 6.56. The van der Waals surface area contributed by atoms with Gasteiger partial charge >= 0.3 is 0 Å². The monoisotopic (exact) mass is 280 g/mol. The second-order valence-electron chi connectivity index (χ2n) is 4.53. The van der Waals surface area contributed by atoms with E-state index < -0.39 is 0 Å². The molecule has 0 atom stereocenters. The summed E-state index contributed by atoms with van der Waals surface area (Å²) < 4.78 is 0. The van der Waals surface area contributed by atoms with Gasteiger partial charge in [-0.05, 0) is 29.8 Å². The molecule has 1 aromatic carbocycles. The van der Waals surface area contributed by atoms with Crippen molar-refractivity contribution < 1.29 is 9.90 Å². The van der Waals surface area contributed by atoms with Gasteiger partial charge in [0.25, 0.3) is 5.91 Å². The van der Waals surface area contributed by atoms with E-state index in [2.05, 4.69) is 16.8 Å². The number of hydrogen-bond donors (Lipinski definition) is 1. The Morgan fingerprint density at radius 1 is 1.24 bits per heavy atom. The second-order valence-corrected chi connectivity index (χ2v) is 4.53. The number of nitrogens with zero attached hydrogens (tertiary/aromatic N) is 2. The molecule has 1 N–H and O–H groups in total. The largest absolute Gasteiger partial charge is 0.384 e. The minimum Gasteiger partial charge on any atom is -0.384 e. The number of benzene rings is 1. The molecular weight excluding hydrogens is 264 g/mol. The number of amides is 1. The van der Waals surface area contributed by atoms with Crippen LogP contribution in [0.3, 0.4) is 0 Å². The van der Waals surface area contributed by atoms with E-state index in [0.717, 1.165) is 11.1 Å². The molecule has 0 saturated carbocycles. The lowest BCUT2D eigenvalue weighted by Crippen LogP contribution is -2.26. The molecule has 1 amide bonds. The summed E-state index contributed by atoms with van der Waals surface area (Å²) >= 11 is 0. The molecule has 0 aliphatic heterocycles. The highest BCUT2D eigenvalue weighted by molar-refractivity contribution is 5.91. The van der Waals surface area contributed by atoms with Gasteiger partial charge in [-0.25, -0.2) is 0 Å². The summed E-state index contributed by atoms with van der Waals surface area (Å²) in [7, 11) is 1.75. The molecule has 0 saturated heterocycles. The van der Waals surface area contributed by atoms with Crippen molar-refractivity contribution in [2.45, 2.75) is 6.54 Å². The molecule has 1 heterocycles. The van der Waals surface area contributed by atoms with Gasteiger partial charge < -0.3 is 10.0 Å². The Labute approximate surface area is 124 Å². The van der Waals surface area contributed by atoms with Gasteiger partial charge in [-0.3, -0.25) is 9.78 Å². The first-order chi connectivity index (χ1) is 10.2. The summed E-state index contributed by atoms with van der Waals surface area (Å²) in [6.45, 7) is 0.353. The molecular formula is C17H16N2O2. The highest BCUT2D eigenvalue weighted by atomic mass is 16.2. The zero-order valence-electron chi connectivity index (χ0n) is 11.8. The van der Waals surface area contributed by atoms with Crippen LogP contribution in [0, 0.1) is 11.8 Å². The van der Waals surface area contributed by atoms with Crippen molar-refractivity contribution >= 4 is 5.91 Å². The Kier molecular flexibility index (Phi) is 5.08. The van der Waals surface area contributed by atoms with Crippen LogP contribution in [0.4, 0.5) is 0 Å². The summed E-state index contributed by atoms with van der Waals surface area (Å²) in [5, 5.41) is 8.65. The van der Waals surface area contributed by atoms with Crippen LogP contribution in [0.25, 0.3) is 0 Å².